The summed E-state index contributed by atoms with van der Waals surface area (Å²) < 4.78 is 16.4. The number of hydrogen-bond acceptors (Lipinski definition) is 0. The van der Waals surface area contributed by atoms with Crippen LogP contribution in [0.3, 0.4) is 0 Å². The molecule has 0 aromatic carbocycles. The van der Waals surface area contributed by atoms with E-state index in [1.54, 1.807) is 0 Å². The van der Waals surface area contributed by atoms with E-state index in [9.17, 15) is 4.39 Å². The minimum atomic E-state index is -0.800. The molecule has 0 unspecified atom stereocenters. The van der Waals surface area contributed by atoms with E-state index < -0.39 is 24.4 Å². The van der Waals surface area contributed by atoms with Crippen molar-refractivity contribution in [1.29, 1.82) is 0 Å². The van der Waals surface area contributed by atoms with Crippen LogP contribution in [0.15, 0.2) is 0 Å². The monoisotopic (exact) mass is 256 g/mol. The molecule has 10 heavy (non-hydrogen) atoms. The summed E-state index contributed by atoms with van der Waals surface area (Å²) in [5.41, 5.74) is 0. The van der Waals surface area contributed by atoms with Gasteiger partial charge in [-0.05, 0) is 31.6 Å². The second-order valence-electron chi connectivity index (χ2n) is 3.17. The van der Waals surface area contributed by atoms with E-state index >= 15 is 0 Å². The van der Waals surface area contributed by atoms with Gasteiger partial charge in [0, 0.05) is 0 Å². The molecule has 1 aliphatic carbocycles. The van der Waals surface area contributed by atoms with Crippen molar-refractivity contribution in [3.8, 4) is 0 Å². The van der Waals surface area contributed by atoms with Crippen molar-refractivity contribution in [2.45, 2.75) is 36.3 Å². The Morgan fingerprint density at radius 2 is 2.00 bits per heavy atom. The Hall–Kier alpha value is 0.530. The molecular weight excluding hydrogens is 242 g/mol. The summed E-state index contributed by atoms with van der Waals surface area (Å²) in [4.78, 5) is 0. The van der Waals surface area contributed by atoms with Gasteiger partial charge >= 0.3 is 0 Å². The Bertz CT molecular complexity index is 125. The van der Waals surface area contributed by atoms with Gasteiger partial charge in [0.15, 0.2) is 3.68 Å². The van der Waals surface area contributed by atoms with Crippen molar-refractivity contribution in [2.24, 2.45) is 5.92 Å². The molecule has 1 rings (SSSR count). The average molecular weight is 256 g/mol. The van der Waals surface area contributed by atoms with Crippen LogP contribution in [0, 0.1) is 5.92 Å². The molecule has 0 aliphatic heterocycles. The molecule has 0 aromatic rings. The van der Waals surface area contributed by atoms with Gasteiger partial charge < -0.3 is 0 Å². The second kappa shape index (κ2) is 3.28. The van der Waals surface area contributed by atoms with Crippen LogP contribution < -0.4 is 0 Å². The Morgan fingerprint density at radius 1 is 1.50 bits per heavy atom. The quantitative estimate of drug-likeness (QED) is 0.499. The SMILES string of the molecule is C=IC1(F)CCC(C)CC1. The molecule has 2 heteroatoms. The molecule has 0 N–H and O–H groups in total. The van der Waals surface area contributed by atoms with Crippen molar-refractivity contribution in [3.05, 3.63) is 0 Å². The number of hydrogen-bond donors (Lipinski definition) is 0. The van der Waals surface area contributed by atoms with Crippen LogP contribution in [0.1, 0.15) is 32.6 Å². The van der Waals surface area contributed by atoms with E-state index in [4.69, 9.17) is 0 Å². The molecule has 0 heterocycles. The fraction of sp³-hybridized carbons (Fsp3) is 0.875. The van der Waals surface area contributed by atoms with Crippen LogP contribution in [0.2, 0.25) is 0 Å². The Balaban J connectivity index is 2.46. The Kier molecular flexibility index (Phi) is 2.83. The minimum absolute atomic E-state index is 0.433. The summed E-state index contributed by atoms with van der Waals surface area (Å²) in [7, 11) is 0. The lowest BCUT2D eigenvalue weighted by molar-refractivity contribution is 0.199. The lowest BCUT2D eigenvalue weighted by atomic mass is 9.90. The molecule has 0 amide bonds. The minimum Gasteiger partial charge on any atom is -0.233 e. The molecule has 0 aromatic heterocycles. The van der Waals surface area contributed by atoms with Crippen LogP contribution in [-0.2, 0) is 0 Å². The molecule has 0 spiro atoms. The highest BCUT2D eigenvalue weighted by Gasteiger charge is 2.31. The first-order chi connectivity index (χ1) is 4.66. The molecule has 0 atom stereocenters. The summed E-state index contributed by atoms with van der Waals surface area (Å²) in [5.74, 6) is 0.749. The summed E-state index contributed by atoms with van der Waals surface area (Å²) in [6.07, 6.45) is 3.72. The van der Waals surface area contributed by atoms with Gasteiger partial charge in [0.05, 0.1) is 0 Å². The first-order valence-electron chi connectivity index (χ1n) is 3.75. The van der Waals surface area contributed by atoms with Gasteiger partial charge in [-0.1, -0.05) is 32.2 Å². The molecule has 0 bridgehead atoms. The van der Waals surface area contributed by atoms with Gasteiger partial charge in [-0.25, -0.2) is 4.39 Å². The zero-order valence-corrected chi connectivity index (χ0v) is 8.53. The number of rotatable bonds is 1. The van der Waals surface area contributed by atoms with Gasteiger partial charge in [0.2, 0.25) is 0 Å². The van der Waals surface area contributed by atoms with Gasteiger partial charge in [-0.15, -0.1) is 0 Å². The van der Waals surface area contributed by atoms with E-state index in [2.05, 4.69) is 11.4 Å². The van der Waals surface area contributed by atoms with Crippen LogP contribution in [0.4, 0.5) is 4.39 Å². The van der Waals surface area contributed by atoms with Crippen molar-refractivity contribution in [3.63, 3.8) is 0 Å². The molecule has 1 fully saturated rings. The first kappa shape index (κ1) is 8.62. The zero-order chi connectivity index (χ0) is 7.61. The Morgan fingerprint density at radius 3 is 2.40 bits per heavy atom. The summed E-state index contributed by atoms with van der Waals surface area (Å²) in [6, 6.07) is 0. The zero-order valence-electron chi connectivity index (χ0n) is 6.37. The van der Waals surface area contributed by atoms with E-state index in [-0.39, 0.29) is 0 Å². The molecule has 60 valence electrons. The van der Waals surface area contributed by atoms with Crippen molar-refractivity contribution < 1.29 is 4.39 Å². The molecule has 0 nitrogen and oxygen atoms in total. The lowest BCUT2D eigenvalue weighted by Crippen LogP contribution is -2.22. The third-order valence-corrected chi connectivity index (χ3v) is 4.69. The number of alkyl halides is 2. The first-order valence-corrected chi connectivity index (χ1v) is 6.35. The normalized spacial score (nSPS) is 41.6. The molecule has 1 aliphatic rings. The van der Waals surface area contributed by atoms with Crippen LogP contribution in [0.5, 0.6) is 0 Å². The topological polar surface area (TPSA) is 0 Å². The molecule has 0 saturated heterocycles. The maximum absolute atomic E-state index is 13.5. The summed E-state index contributed by atoms with van der Waals surface area (Å²) in [6.45, 7) is 2.21. The lowest BCUT2D eigenvalue weighted by Gasteiger charge is -2.28. The van der Waals surface area contributed by atoms with E-state index in [0.717, 1.165) is 31.6 Å². The number of halogens is 2. The van der Waals surface area contributed by atoms with Crippen molar-refractivity contribution >= 4 is 25.2 Å². The van der Waals surface area contributed by atoms with Crippen molar-refractivity contribution in [1.82, 2.24) is 0 Å². The van der Waals surface area contributed by atoms with Crippen molar-refractivity contribution in [2.75, 3.05) is 0 Å². The smallest absolute Gasteiger partial charge is 0.156 e. The van der Waals surface area contributed by atoms with Crippen LogP contribution in [0.25, 0.3) is 0 Å². The fourth-order valence-electron chi connectivity index (χ4n) is 1.32. The predicted octanol–water partition coefficient (Wildman–Crippen LogP) is 3.27. The largest absolute Gasteiger partial charge is 0.233 e. The second-order valence-corrected chi connectivity index (χ2v) is 5.87. The summed E-state index contributed by atoms with van der Waals surface area (Å²) >= 11 is -0.433. The Labute approximate surface area is 71.9 Å². The van der Waals surface area contributed by atoms with Gasteiger partial charge in [0.1, 0.15) is 0 Å². The molecule has 0 radical (unpaired) electrons. The molecular formula is C8H14FI. The van der Waals surface area contributed by atoms with Gasteiger partial charge in [-0.3, -0.25) is 0 Å². The summed E-state index contributed by atoms with van der Waals surface area (Å²) in [5, 5.41) is 0. The third-order valence-electron chi connectivity index (χ3n) is 2.25. The maximum atomic E-state index is 13.5. The van der Waals surface area contributed by atoms with E-state index in [0.29, 0.717) is 0 Å². The van der Waals surface area contributed by atoms with E-state index in [1.165, 1.54) is 0 Å². The highest BCUT2D eigenvalue weighted by atomic mass is 127. The maximum Gasteiger partial charge on any atom is 0.156 e. The third kappa shape index (κ3) is 2.01. The standard InChI is InChI=1S/C8H14FI/c1-7-3-5-8(9,10-2)6-4-7/h7H,2-6H2,1H3. The van der Waals surface area contributed by atoms with Gasteiger partial charge in [0.25, 0.3) is 0 Å². The van der Waals surface area contributed by atoms with Crippen LogP contribution >= 0.6 is 20.7 Å². The predicted molar refractivity (Wildman–Crippen MR) is 52.6 cm³/mol. The molecule has 1 saturated carbocycles. The fourth-order valence-corrected chi connectivity index (χ4v) is 2.70. The van der Waals surface area contributed by atoms with E-state index in [1.807, 2.05) is 0 Å². The highest BCUT2D eigenvalue weighted by molar-refractivity contribution is 14.2. The highest BCUT2D eigenvalue weighted by Crippen LogP contribution is 2.42. The van der Waals surface area contributed by atoms with Gasteiger partial charge in [-0.2, -0.15) is 0 Å². The van der Waals surface area contributed by atoms with Crippen LogP contribution in [-0.4, -0.2) is 8.19 Å². The average Bonchev–Trinajstić information content (AvgIpc) is 1.96.